The van der Waals surface area contributed by atoms with Crippen LogP contribution in [0, 0.1) is 0 Å². The third-order valence-electron chi connectivity index (χ3n) is 2.78. The van der Waals surface area contributed by atoms with Crippen LogP contribution in [0.5, 0.6) is 5.75 Å². The monoisotopic (exact) mass is 292 g/mol. The summed E-state index contributed by atoms with van der Waals surface area (Å²) >= 11 is 0. The fraction of sp³-hybridized carbons (Fsp3) is 0.471. The smallest absolute Gasteiger partial charge is 0.333 e. The van der Waals surface area contributed by atoms with E-state index in [2.05, 4.69) is 25.6 Å². The number of benzene rings is 1. The average Bonchev–Trinajstić information content (AvgIpc) is 2.45. The zero-order chi connectivity index (χ0) is 15.7. The van der Waals surface area contributed by atoms with E-state index in [0.29, 0.717) is 5.57 Å². The molecule has 1 aromatic rings. The van der Waals surface area contributed by atoms with Gasteiger partial charge in [-0.2, -0.15) is 0 Å². The number of hydrogen-bond donors (Lipinski definition) is 0. The minimum Gasteiger partial charge on any atom is -0.465 e. The normalized spacial score (nSPS) is 11.8. The number of hydrogen-bond acceptors (Lipinski definition) is 4. The molecule has 0 aliphatic heterocycles. The van der Waals surface area contributed by atoms with Crippen LogP contribution in [0.15, 0.2) is 36.4 Å². The first-order valence-electron chi connectivity index (χ1n) is 7.22. The zero-order valence-corrected chi connectivity index (χ0v) is 13.1. The molecule has 1 unspecified atom stereocenters. The Labute approximate surface area is 126 Å². The lowest BCUT2D eigenvalue weighted by Gasteiger charge is -2.15. The minimum absolute atomic E-state index is 0.189. The highest BCUT2D eigenvalue weighted by atomic mass is 16.7. The van der Waals surface area contributed by atoms with Crippen LogP contribution in [0.25, 0.3) is 0 Å². The van der Waals surface area contributed by atoms with Gasteiger partial charge in [-0.05, 0) is 38.0 Å². The molecule has 4 heteroatoms. The molecule has 0 fully saturated rings. The Morgan fingerprint density at radius 2 is 1.90 bits per heavy atom. The zero-order valence-electron chi connectivity index (χ0n) is 13.1. The van der Waals surface area contributed by atoms with Crippen molar-refractivity contribution in [2.75, 3.05) is 13.2 Å². The second-order valence-corrected chi connectivity index (χ2v) is 4.87. The molecule has 0 bridgehead atoms. The number of esters is 1. The SMILES string of the molecule is C=C(C)C(=O)OCCOC(C)Oc1ccc(CCC)cc1. The van der Waals surface area contributed by atoms with E-state index in [9.17, 15) is 4.79 Å². The van der Waals surface area contributed by atoms with Gasteiger partial charge in [-0.25, -0.2) is 4.79 Å². The van der Waals surface area contributed by atoms with Crippen molar-refractivity contribution in [3.8, 4) is 5.75 Å². The maximum Gasteiger partial charge on any atom is 0.333 e. The molecule has 0 aromatic heterocycles. The number of rotatable bonds is 9. The molecule has 1 aromatic carbocycles. The Morgan fingerprint density at radius 3 is 2.48 bits per heavy atom. The summed E-state index contributed by atoms with van der Waals surface area (Å²) in [5.74, 6) is 0.361. The van der Waals surface area contributed by atoms with Crippen molar-refractivity contribution in [3.05, 3.63) is 42.0 Å². The van der Waals surface area contributed by atoms with Gasteiger partial charge in [0.25, 0.3) is 0 Å². The van der Waals surface area contributed by atoms with Crippen LogP contribution in [-0.4, -0.2) is 25.5 Å². The van der Waals surface area contributed by atoms with E-state index < -0.39 is 12.3 Å². The third-order valence-corrected chi connectivity index (χ3v) is 2.78. The Balaban J connectivity index is 2.25. The predicted molar refractivity (Wildman–Crippen MR) is 82.3 cm³/mol. The van der Waals surface area contributed by atoms with Gasteiger partial charge in [0.15, 0.2) is 6.29 Å². The fourth-order valence-electron chi connectivity index (χ4n) is 1.72. The molecule has 21 heavy (non-hydrogen) atoms. The molecule has 0 amide bonds. The van der Waals surface area contributed by atoms with E-state index in [0.717, 1.165) is 18.6 Å². The molecule has 116 valence electrons. The van der Waals surface area contributed by atoms with E-state index in [-0.39, 0.29) is 13.2 Å². The molecule has 4 nitrogen and oxygen atoms in total. The highest BCUT2D eigenvalue weighted by molar-refractivity contribution is 5.86. The van der Waals surface area contributed by atoms with Gasteiger partial charge in [-0.15, -0.1) is 0 Å². The predicted octanol–water partition coefficient (Wildman–Crippen LogP) is 3.50. The van der Waals surface area contributed by atoms with E-state index in [1.807, 2.05) is 12.1 Å². The van der Waals surface area contributed by atoms with Crippen molar-refractivity contribution in [2.24, 2.45) is 0 Å². The summed E-state index contributed by atoms with van der Waals surface area (Å²) in [4.78, 5) is 11.2. The van der Waals surface area contributed by atoms with Gasteiger partial charge in [-0.3, -0.25) is 0 Å². The molecule has 0 saturated heterocycles. The van der Waals surface area contributed by atoms with Gasteiger partial charge in [0.1, 0.15) is 12.4 Å². The molecular weight excluding hydrogens is 268 g/mol. The average molecular weight is 292 g/mol. The van der Waals surface area contributed by atoms with Crippen LogP contribution in [0.4, 0.5) is 0 Å². The Kier molecular flexibility index (Phi) is 7.54. The molecule has 0 radical (unpaired) electrons. The molecule has 0 spiro atoms. The topological polar surface area (TPSA) is 44.8 Å². The van der Waals surface area contributed by atoms with Crippen LogP contribution in [0.1, 0.15) is 32.8 Å². The molecule has 1 rings (SSSR count). The summed E-state index contributed by atoms with van der Waals surface area (Å²) in [6.45, 7) is 9.55. The first-order chi connectivity index (χ1) is 10.0. The maximum atomic E-state index is 11.2. The Bertz CT molecular complexity index is 450. The molecule has 0 saturated carbocycles. The van der Waals surface area contributed by atoms with E-state index in [4.69, 9.17) is 14.2 Å². The van der Waals surface area contributed by atoms with Crippen LogP contribution >= 0.6 is 0 Å². The Morgan fingerprint density at radius 1 is 1.24 bits per heavy atom. The number of carbonyl (C=O) groups is 1. The summed E-state index contributed by atoms with van der Waals surface area (Å²) in [6.07, 6.45) is 1.80. The molecule has 0 aliphatic rings. The lowest BCUT2D eigenvalue weighted by atomic mass is 10.1. The fourth-order valence-corrected chi connectivity index (χ4v) is 1.72. The van der Waals surface area contributed by atoms with E-state index in [1.54, 1.807) is 13.8 Å². The summed E-state index contributed by atoms with van der Waals surface area (Å²) in [7, 11) is 0. The van der Waals surface area contributed by atoms with Crippen LogP contribution in [-0.2, 0) is 20.7 Å². The highest BCUT2D eigenvalue weighted by Gasteiger charge is 2.06. The van der Waals surface area contributed by atoms with Crippen molar-refractivity contribution >= 4 is 5.97 Å². The van der Waals surface area contributed by atoms with Gasteiger partial charge in [0.2, 0.25) is 0 Å². The van der Waals surface area contributed by atoms with Gasteiger partial charge < -0.3 is 14.2 Å². The number of carbonyl (C=O) groups excluding carboxylic acids is 1. The van der Waals surface area contributed by atoms with Crippen molar-refractivity contribution in [1.29, 1.82) is 0 Å². The van der Waals surface area contributed by atoms with Gasteiger partial charge in [-0.1, -0.05) is 32.1 Å². The Hall–Kier alpha value is -1.81. The minimum atomic E-state index is -0.404. The quantitative estimate of drug-likeness (QED) is 0.302. The largest absolute Gasteiger partial charge is 0.465 e. The first-order valence-corrected chi connectivity index (χ1v) is 7.22. The summed E-state index contributed by atoms with van der Waals surface area (Å²) < 4.78 is 16.0. The maximum absolute atomic E-state index is 11.2. The van der Waals surface area contributed by atoms with Crippen molar-refractivity contribution in [2.45, 2.75) is 39.9 Å². The third kappa shape index (κ3) is 6.95. The standard InChI is InChI=1S/C17H24O4/c1-5-6-15-7-9-16(10-8-15)21-14(4)19-11-12-20-17(18)13(2)3/h7-10,14H,2,5-6,11-12H2,1,3-4H3. The number of ether oxygens (including phenoxy) is 3. The van der Waals surface area contributed by atoms with Crippen LogP contribution in [0.2, 0.25) is 0 Å². The lowest BCUT2D eigenvalue weighted by molar-refractivity contribution is -0.143. The molecule has 0 aliphatic carbocycles. The van der Waals surface area contributed by atoms with Crippen LogP contribution < -0.4 is 4.74 Å². The van der Waals surface area contributed by atoms with Gasteiger partial charge in [0.05, 0.1) is 6.61 Å². The second kappa shape index (κ2) is 9.19. The molecule has 0 N–H and O–H groups in total. The highest BCUT2D eigenvalue weighted by Crippen LogP contribution is 2.15. The summed E-state index contributed by atoms with van der Waals surface area (Å²) in [6, 6.07) is 7.98. The van der Waals surface area contributed by atoms with Gasteiger partial charge in [0, 0.05) is 5.57 Å². The molecule has 0 heterocycles. The van der Waals surface area contributed by atoms with Crippen molar-refractivity contribution in [3.63, 3.8) is 0 Å². The van der Waals surface area contributed by atoms with Gasteiger partial charge >= 0.3 is 5.97 Å². The van der Waals surface area contributed by atoms with E-state index in [1.165, 1.54) is 5.56 Å². The van der Waals surface area contributed by atoms with Crippen molar-refractivity contribution < 1.29 is 19.0 Å². The van der Waals surface area contributed by atoms with E-state index >= 15 is 0 Å². The number of aryl methyl sites for hydroxylation is 1. The lowest BCUT2D eigenvalue weighted by Crippen LogP contribution is -2.20. The first kappa shape index (κ1) is 17.2. The summed E-state index contributed by atoms with van der Waals surface area (Å²) in [5, 5.41) is 0. The molecule has 1 atom stereocenters. The van der Waals surface area contributed by atoms with Crippen molar-refractivity contribution in [1.82, 2.24) is 0 Å². The summed E-state index contributed by atoms with van der Waals surface area (Å²) in [5.41, 5.74) is 1.68. The van der Waals surface area contributed by atoms with Crippen LogP contribution in [0.3, 0.4) is 0 Å². The molecular formula is C17H24O4. The second-order valence-electron chi connectivity index (χ2n) is 4.87.